The van der Waals surface area contributed by atoms with E-state index in [9.17, 15) is 14.7 Å². The summed E-state index contributed by atoms with van der Waals surface area (Å²) in [5.74, 6) is 0.245. The molecule has 2 saturated heterocycles. The molecule has 5 rings (SSSR count). The summed E-state index contributed by atoms with van der Waals surface area (Å²) in [7, 11) is 0. The molecule has 3 aliphatic rings. The number of hydrogen-bond donors (Lipinski definition) is 1. The van der Waals surface area contributed by atoms with E-state index >= 15 is 0 Å². The van der Waals surface area contributed by atoms with Gasteiger partial charge in [0.25, 0.3) is 5.91 Å². The lowest BCUT2D eigenvalue weighted by Crippen LogP contribution is -2.86. The summed E-state index contributed by atoms with van der Waals surface area (Å²) < 4.78 is 0. The maximum absolute atomic E-state index is 13.4. The number of likely N-dealkylation sites (tertiary alicyclic amines) is 2. The summed E-state index contributed by atoms with van der Waals surface area (Å²) in [5, 5.41) is 10.2. The predicted octanol–water partition coefficient (Wildman–Crippen LogP) is 2.84. The van der Waals surface area contributed by atoms with Crippen LogP contribution in [0.5, 0.6) is 0 Å². The van der Waals surface area contributed by atoms with E-state index in [0.29, 0.717) is 18.7 Å². The van der Waals surface area contributed by atoms with Gasteiger partial charge < -0.3 is 14.9 Å². The van der Waals surface area contributed by atoms with Crippen molar-refractivity contribution in [3.05, 3.63) is 66.0 Å². The molecule has 2 aliphatic heterocycles. The summed E-state index contributed by atoms with van der Waals surface area (Å²) >= 11 is 0. The summed E-state index contributed by atoms with van der Waals surface area (Å²) in [6.45, 7) is 0.957. The fourth-order valence-corrected chi connectivity index (χ4v) is 5.99. The van der Waals surface area contributed by atoms with Crippen LogP contribution in [0.1, 0.15) is 53.9 Å². The van der Waals surface area contributed by atoms with Crippen molar-refractivity contribution >= 4 is 11.8 Å². The molecule has 162 valence electrons. The van der Waals surface area contributed by atoms with Crippen LogP contribution in [-0.4, -0.2) is 63.0 Å². The normalized spacial score (nSPS) is 25.1. The molecular weight excluding hydrogens is 390 g/mol. The molecule has 2 atom stereocenters. The van der Waals surface area contributed by atoms with Crippen molar-refractivity contribution in [3.63, 3.8) is 0 Å². The Bertz CT molecular complexity index is 937. The van der Waals surface area contributed by atoms with Crippen molar-refractivity contribution in [2.24, 2.45) is 5.92 Å². The topological polar surface area (TPSA) is 73.7 Å². The van der Waals surface area contributed by atoms with Crippen molar-refractivity contribution < 1.29 is 14.7 Å². The number of hydrogen-bond acceptors (Lipinski definition) is 4. The Kier molecular flexibility index (Phi) is 5.26. The number of benzene rings is 1. The highest BCUT2D eigenvalue weighted by atomic mass is 16.3. The van der Waals surface area contributed by atoms with E-state index in [4.69, 9.17) is 0 Å². The molecule has 1 aliphatic carbocycles. The van der Waals surface area contributed by atoms with E-state index in [2.05, 4.69) is 17.1 Å². The monoisotopic (exact) mass is 419 g/mol. The third kappa shape index (κ3) is 3.24. The number of rotatable bonds is 4. The van der Waals surface area contributed by atoms with E-state index in [1.165, 1.54) is 6.42 Å². The first-order chi connectivity index (χ1) is 15.2. The highest BCUT2D eigenvalue weighted by Crippen LogP contribution is 2.54. The molecule has 1 spiro atoms. The van der Waals surface area contributed by atoms with Gasteiger partial charge in [-0.2, -0.15) is 0 Å². The minimum atomic E-state index is -0.466. The standard InChI is InChI=1S/C25H29N3O3/c29-15-21-22(18-8-3-1-4-9-18)25(28(21)24(31)20-12-7-13-26-14-20)16-27(17-25)23(30)19-10-5-2-6-11-19/h1,3-4,7-9,12-14,19,21-22,29H,2,5-6,10-11,15-17H2/t21-,22+/m0/s1. The zero-order valence-corrected chi connectivity index (χ0v) is 17.7. The number of pyridine rings is 1. The van der Waals surface area contributed by atoms with E-state index in [-0.39, 0.29) is 36.3 Å². The lowest BCUT2D eigenvalue weighted by atomic mass is 9.60. The van der Waals surface area contributed by atoms with Gasteiger partial charge in [0, 0.05) is 37.3 Å². The second-order valence-corrected chi connectivity index (χ2v) is 9.19. The first kappa shape index (κ1) is 20.2. The number of carbonyl (C=O) groups excluding carboxylic acids is 2. The summed E-state index contributed by atoms with van der Waals surface area (Å²) in [6, 6.07) is 13.3. The number of amides is 2. The van der Waals surface area contributed by atoms with Gasteiger partial charge >= 0.3 is 0 Å². The summed E-state index contributed by atoms with van der Waals surface area (Å²) in [5.41, 5.74) is 1.16. The molecular formula is C25H29N3O3. The van der Waals surface area contributed by atoms with Crippen LogP contribution < -0.4 is 0 Å². The van der Waals surface area contributed by atoms with E-state index < -0.39 is 5.54 Å². The highest BCUT2D eigenvalue weighted by Gasteiger charge is 2.68. The van der Waals surface area contributed by atoms with Crippen molar-refractivity contribution in [1.82, 2.24) is 14.8 Å². The minimum Gasteiger partial charge on any atom is -0.394 e. The van der Waals surface area contributed by atoms with E-state index in [1.54, 1.807) is 24.5 Å². The number of aromatic nitrogens is 1. The molecule has 6 heteroatoms. The Balaban J connectivity index is 1.43. The molecule has 1 N–H and O–H groups in total. The molecule has 0 radical (unpaired) electrons. The molecule has 2 amide bonds. The van der Waals surface area contributed by atoms with Crippen LogP contribution in [-0.2, 0) is 4.79 Å². The van der Waals surface area contributed by atoms with Crippen LogP contribution in [0.15, 0.2) is 54.9 Å². The maximum Gasteiger partial charge on any atom is 0.256 e. The Labute approximate surface area is 182 Å². The Morgan fingerprint density at radius 2 is 1.77 bits per heavy atom. The zero-order chi connectivity index (χ0) is 21.4. The van der Waals surface area contributed by atoms with Crippen LogP contribution in [0.25, 0.3) is 0 Å². The van der Waals surface area contributed by atoms with Gasteiger partial charge in [-0.1, -0.05) is 49.6 Å². The van der Waals surface area contributed by atoms with Crippen LogP contribution >= 0.6 is 0 Å². The molecule has 1 aromatic carbocycles. The third-order valence-corrected chi connectivity index (χ3v) is 7.44. The smallest absolute Gasteiger partial charge is 0.256 e. The van der Waals surface area contributed by atoms with Gasteiger partial charge in [0.15, 0.2) is 0 Å². The van der Waals surface area contributed by atoms with Crippen LogP contribution in [0.2, 0.25) is 0 Å². The average Bonchev–Trinajstić information content (AvgIpc) is 2.79. The lowest BCUT2D eigenvalue weighted by Gasteiger charge is -2.70. The number of aliphatic hydroxyl groups is 1. The van der Waals surface area contributed by atoms with Crippen LogP contribution in [0.3, 0.4) is 0 Å². The van der Waals surface area contributed by atoms with Gasteiger partial charge in [-0.3, -0.25) is 14.6 Å². The fraction of sp³-hybridized carbons (Fsp3) is 0.480. The number of nitrogens with zero attached hydrogens (tertiary/aromatic N) is 3. The van der Waals surface area contributed by atoms with Gasteiger partial charge in [0.05, 0.1) is 23.8 Å². The molecule has 3 heterocycles. The number of aliphatic hydroxyl groups excluding tert-OH is 1. The van der Waals surface area contributed by atoms with E-state index in [1.807, 2.05) is 28.0 Å². The molecule has 1 aromatic heterocycles. The van der Waals surface area contributed by atoms with Gasteiger partial charge in [-0.15, -0.1) is 0 Å². The summed E-state index contributed by atoms with van der Waals surface area (Å²) in [4.78, 5) is 34.4. The van der Waals surface area contributed by atoms with Gasteiger partial charge in [0.1, 0.15) is 0 Å². The van der Waals surface area contributed by atoms with Crippen molar-refractivity contribution in [2.45, 2.75) is 49.6 Å². The fourth-order valence-electron chi connectivity index (χ4n) is 5.99. The summed E-state index contributed by atoms with van der Waals surface area (Å²) in [6.07, 6.45) is 8.64. The largest absolute Gasteiger partial charge is 0.394 e. The minimum absolute atomic E-state index is 0.00901. The van der Waals surface area contributed by atoms with Gasteiger partial charge in [-0.25, -0.2) is 0 Å². The Morgan fingerprint density at radius 3 is 2.42 bits per heavy atom. The quantitative estimate of drug-likeness (QED) is 0.827. The Hall–Kier alpha value is -2.73. The molecule has 1 saturated carbocycles. The average molecular weight is 420 g/mol. The molecule has 6 nitrogen and oxygen atoms in total. The predicted molar refractivity (Wildman–Crippen MR) is 116 cm³/mol. The zero-order valence-electron chi connectivity index (χ0n) is 17.7. The Morgan fingerprint density at radius 1 is 1.03 bits per heavy atom. The van der Waals surface area contributed by atoms with Gasteiger partial charge in [0.2, 0.25) is 5.91 Å². The van der Waals surface area contributed by atoms with Crippen LogP contribution in [0.4, 0.5) is 0 Å². The van der Waals surface area contributed by atoms with Crippen molar-refractivity contribution in [3.8, 4) is 0 Å². The first-order valence-corrected chi connectivity index (χ1v) is 11.3. The second kappa shape index (κ2) is 8.08. The first-order valence-electron chi connectivity index (χ1n) is 11.3. The van der Waals surface area contributed by atoms with Crippen molar-refractivity contribution in [2.75, 3.05) is 19.7 Å². The molecule has 0 unspecified atom stereocenters. The SMILES string of the molecule is O=C(C1CCCCC1)N1CC2(C1)[C@H](c1ccccc1)[C@H](CO)N2C(=O)c1cccnc1. The third-order valence-electron chi connectivity index (χ3n) is 7.44. The molecule has 31 heavy (non-hydrogen) atoms. The van der Waals surface area contributed by atoms with E-state index in [0.717, 1.165) is 31.2 Å². The number of carbonyl (C=O) groups is 2. The highest BCUT2D eigenvalue weighted by molar-refractivity contribution is 5.96. The molecule has 2 aromatic rings. The van der Waals surface area contributed by atoms with Crippen molar-refractivity contribution in [1.29, 1.82) is 0 Å². The lowest BCUT2D eigenvalue weighted by molar-refractivity contribution is -0.182. The second-order valence-electron chi connectivity index (χ2n) is 9.19. The molecule has 0 bridgehead atoms. The van der Waals surface area contributed by atoms with Crippen LogP contribution in [0, 0.1) is 5.92 Å². The maximum atomic E-state index is 13.4. The molecule has 3 fully saturated rings. The van der Waals surface area contributed by atoms with Gasteiger partial charge in [-0.05, 0) is 30.5 Å².